The monoisotopic (exact) mass is 180 g/mol. The largest absolute Gasteiger partial charge is 0.478 e. The van der Waals surface area contributed by atoms with Crippen molar-refractivity contribution in [1.29, 1.82) is 0 Å². The van der Waals surface area contributed by atoms with Gasteiger partial charge >= 0.3 is 5.97 Å². The van der Waals surface area contributed by atoms with E-state index in [0.29, 0.717) is 5.75 Å². The number of hydrogen-bond acceptors (Lipinski definition) is 3. The van der Waals surface area contributed by atoms with E-state index in [4.69, 9.17) is 10.4 Å². The van der Waals surface area contributed by atoms with E-state index in [1.54, 1.807) is 12.1 Å². The van der Waals surface area contributed by atoms with E-state index in [9.17, 15) is 4.79 Å². The first kappa shape index (κ1) is 9.28. The molecule has 13 heavy (non-hydrogen) atoms. The van der Waals surface area contributed by atoms with E-state index in [2.05, 4.69) is 4.89 Å². The highest BCUT2D eigenvalue weighted by molar-refractivity contribution is 5.85. The molecule has 0 amide bonds. The molecule has 0 aromatic heterocycles. The fraction of sp³-hybridized carbons (Fsp3) is 0. The van der Waals surface area contributed by atoms with Crippen molar-refractivity contribution < 1.29 is 20.0 Å². The van der Waals surface area contributed by atoms with Crippen LogP contribution in [0.1, 0.15) is 5.56 Å². The van der Waals surface area contributed by atoms with E-state index >= 15 is 0 Å². The zero-order chi connectivity index (χ0) is 9.68. The van der Waals surface area contributed by atoms with E-state index in [-0.39, 0.29) is 0 Å². The highest BCUT2D eigenvalue weighted by atomic mass is 17.1. The van der Waals surface area contributed by atoms with Crippen LogP contribution in [-0.4, -0.2) is 16.3 Å². The van der Waals surface area contributed by atoms with Gasteiger partial charge in [-0.05, 0) is 23.8 Å². The number of hydrogen-bond donors (Lipinski definition) is 2. The highest BCUT2D eigenvalue weighted by Gasteiger charge is 1.92. The number of carbonyl (C=O) groups is 1. The van der Waals surface area contributed by atoms with Gasteiger partial charge in [-0.2, -0.15) is 0 Å². The van der Waals surface area contributed by atoms with Gasteiger partial charge in [0, 0.05) is 6.08 Å². The molecule has 0 unspecified atom stereocenters. The third-order valence-corrected chi connectivity index (χ3v) is 1.40. The van der Waals surface area contributed by atoms with Crippen molar-refractivity contribution >= 4 is 12.0 Å². The second-order valence-corrected chi connectivity index (χ2v) is 2.33. The molecule has 0 heterocycles. The Morgan fingerprint density at radius 2 is 1.92 bits per heavy atom. The first-order valence-corrected chi connectivity index (χ1v) is 3.55. The molecule has 0 bridgehead atoms. The lowest BCUT2D eigenvalue weighted by molar-refractivity contribution is -0.137. The second kappa shape index (κ2) is 4.27. The van der Waals surface area contributed by atoms with Crippen molar-refractivity contribution in [3.63, 3.8) is 0 Å². The number of rotatable bonds is 3. The summed E-state index contributed by atoms with van der Waals surface area (Å²) in [7, 11) is 0. The van der Waals surface area contributed by atoms with Gasteiger partial charge in [0.1, 0.15) is 0 Å². The molecule has 0 saturated heterocycles. The number of carboxylic acid groups (broad SMARTS) is 1. The fourth-order valence-electron chi connectivity index (χ4n) is 0.807. The molecule has 1 aromatic rings. The summed E-state index contributed by atoms with van der Waals surface area (Å²) in [6, 6.07) is 6.32. The molecule has 0 radical (unpaired) electrons. The number of carboxylic acids is 1. The maximum Gasteiger partial charge on any atom is 0.328 e. The van der Waals surface area contributed by atoms with Gasteiger partial charge in [-0.25, -0.2) is 10.1 Å². The van der Waals surface area contributed by atoms with E-state index < -0.39 is 5.97 Å². The Kier molecular flexibility index (Phi) is 3.05. The summed E-state index contributed by atoms with van der Waals surface area (Å²) in [5.74, 6) is -0.685. The predicted molar refractivity (Wildman–Crippen MR) is 46.4 cm³/mol. The summed E-state index contributed by atoms with van der Waals surface area (Å²) >= 11 is 0. The van der Waals surface area contributed by atoms with E-state index in [0.717, 1.165) is 11.6 Å². The topological polar surface area (TPSA) is 66.8 Å². The smallest absolute Gasteiger partial charge is 0.328 e. The van der Waals surface area contributed by atoms with Crippen LogP contribution >= 0.6 is 0 Å². The van der Waals surface area contributed by atoms with Crippen molar-refractivity contribution in [3.8, 4) is 5.75 Å². The minimum Gasteiger partial charge on any atom is -0.478 e. The normalized spacial score (nSPS) is 10.2. The maximum atomic E-state index is 10.1. The van der Waals surface area contributed by atoms with Crippen LogP contribution in [0.3, 0.4) is 0 Å². The minimum absolute atomic E-state index is 0.312. The molecule has 0 aliphatic heterocycles. The third kappa shape index (κ3) is 2.96. The predicted octanol–water partition coefficient (Wildman–Crippen LogP) is 1.64. The Hall–Kier alpha value is -1.81. The van der Waals surface area contributed by atoms with Gasteiger partial charge in [-0.3, -0.25) is 0 Å². The Balaban J connectivity index is 2.75. The van der Waals surface area contributed by atoms with Crippen LogP contribution in [0.25, 0.3) is 6.08 Å². The summed E-state index contributed by atoms with van der Waals surface area (Å²) in [6.07, 6.45) is 2.48. The number of aliphatic carboxylic acids is 1. The zero-order valence-electron chi connectivity index (χ0n) is 6.68. The summed E-state index contributed by atoms with van der Waals surface area (Å²) in [5, 5.41) is 16.6. The van der Waals surface area contributed by atoms with Gasteiger partial charge in [-0.1, -0.05) is 12.1 Å². The van der Waals surface area contributed by atoms with Crippen LogP contribution in [0.2, 0.25) is 0 Å². The van der Waals surface area contributed by atoms with E-state index in [1.807, 2.05) is 0 Å². The van der Waals surface area contributed by atoms with Crippen molar-refractivity contribution in [2.45, 2.75) is 0 Å². The molecular weight excluding hydrogens is 172 g/mol. The maximum absolute atomic E-state index is 10.1. The van der Waals surface area contributed by atoms with Gasteiger partial charge in [0.15, 0.2) is 5.75 Å². The SMILES string of the molecule is O=C(O)/C=C/c1ccc(OO)cc1. The van der Waals surface area contributed by atoms with Crippen LogP contribution in [0.4, 0.5) is 0 Å². The van der Waals surface area contributed by atoms with Crippen molar-refractivity contribution in [2.24, 2.45) is 0 Å². The average Bonchev–Trinajstić information content (AvgIpc) is 2.15. The molecule has 0 aliphatic carbocycles. The van der Waals surface area contributed by atoms with Crippen LogP contribution in [0.5, 0.6) is 5.75 Å². The molecular formula is C9H8O4. The first-order valence-electron chi connectivity index (χ1n) is 3.55. The Morgan fingerprint density at radius 3 is 2.38 bits per heavy atom. The molecule has 4 heteroatoms. The second-order valence-electron chi connectivity index (χ2n) is 2.33. The zero-order valence-corrected chi connectivity index (χ0v) is 6.68. The summed E-state index contributed by atoms with van der Waals surface area (Å²) in [5.41, 5.74) is 0.725. The first-order chi connectivity index (χ1) is 6.22. The minimum atomic E-state index is -0.998. The standard InChI is InChI=1S/C9H8O4/c10-9(11)6-3-7-1-4-8(13-12)5-2-7/h1-6,12H,(H,10,11)/b6-3+. The third-order valence-electron chi connectivity index (χ3n) is 1.40. The van der Waals surface area contributed by atoms with Gasteiger partial charge in [0.05, 0.1) is 0 Å². The van der Waals surface area contributed by atoms with Crippen LogP contribution in [-0.2, 0) is 4.79 Å². The number of benzene rings is 1. The fourth-order valence-corrected chi connectivity index (χ4v) is 0.807. The van der Waals surface area contributed by atoms with Gasteiger partial charge in [-0.15, -0.1) is 0 Å². The molecule has 1 rings (SSSR count). The van der Waals surface area contributed by atoms with Crippen LogP contribution in [0, 0.1) is 0 Å². The van der Waals surface area contributed by atoms with Crippen LogP contribution in [0.15, 0.2) is 30.3 Å². The van der Waals surface area contributed by atoms with Gasteiger partial charge in [0.25, 0.3) is 0 Å². The van der Waals surface area contributed by atoms with Crippen molar-refractivity contribution in [3.05, 3.63) is 35.9 Å². The lowest BCUT2D eigenvalue weighted by atomic mass is 10.2. The van der Waals surface area contributed by atoms with Crippen molar-refractivity contribution in [1.82, 2.24) is 0 Å². The summed E-state index contributed by atoms with van der Waals surface area (Å²) < 4.78 is 0. The molecule has 4 nitrogen and oxygen atoms in total. The lowest BCUT2D eigenvalue weighted by Crippen LogP contribution is -1.86. The lowest BCUT2D eigenvalue weighted by Gasteiger charge is -1.95. The molecule has 1 aromatic carbocycles. The highest BCUT2D eigenvalue weighted by Crippen LogP contribution is 2.11. The van der Waals surface area contributed by atoms with Gasteiger partial charge < -0.3 is 9.99 Å². The molecule has 2 N–H and O–H groups in total. The Bertz CT molecular complexity index is 313. The Labute approximate surface area is 74.6 Å². The average molecular weight is 180 g/mol. The van der Waals surface area contributed by atoms with Crippen LogP contribution < -0.4 is 4.89 Å². The molecule has 0 saturated carbocycles. The molecule has 0 atom stereocenters. The quantitative estimate of drug-likeness (QED) is 0.421. The van der Waals surface area contributed by atoms with Gasteiger partial charge in [0.2, 0.25) is 0 Å². The molecule has 0 fully saturated rings. The summed E-state index contributed by atoms with van der Waals surface area (Å²) in [4.78, 5) is 14.1. The summed E-state index contributed by atoms with van der Waals surface area (Å²) in [6.45, 7) is 0. The van der Waals surface area contributed by atoms with E-state index in [1.165, 1.54) is 18.2 Å². The van der Waals surface area contributed by atoms with Crippen molar-refractivity contribution in [2.75, 3.05) is 0 Å². The molecule has 0 spiro atoms. The Morgan fingerprint density at radius 1 is 1.31 bits per heavy atom. The molecule has 68 valence electrons. The molecule has 0 aliphatic rings.